The highest BCUT2D eigenvalue weighted by molar-refractivity contribution is 7.91. The lowest BCUT2D eigenvalue weighted by atomic mass is 10.2. The summed E-state index contributed by atoms with van der Waals surface area (Å²) in [6.07, 6.45) is 1.02. The lowest BCUT2D eigenvalue weighted by molar-refractivity contribution is 0.296. The minimum Gasteiger partial charge on any atom is -0.471 e. The van der Waals surface area contributed by atoms with Crippen molar-refractivity contribution in [1.29, 1.82) is 0 Å². The SMILES string of the molecule is CCNCCNc1cc(Cl)ccc1COc1nn(S(=O)(=O)Nc2ncon2)c2ccccc12. The van der Waals surface area contributed by atoms with E-state index in [4.69, 9.17) is 16.3 Å². The second-order valence-electron chi connectivity index (χ2n) is 6.90. The van der Waals surface area contributed by atoms with Crippen LogP contribution in [0.2, 0.25) is 5.02 Å². The average Bonchev–Trinajstić information content (AvgIpc) is 3.44. The Morgan fingerprint density at radius 1 is 1.18 bits per heavy atom. The molecule has 2 aromatic heterocycles. The molecule has 0 atom stereocenters. The van der Waals surface area contributed by atoms with Gasteiger partial charge in [-0.3, -0.25) is 0 Å². The van der Waals surface area contributed by atoms with Gasteiger partial charge in [0.15, 0.2) is 0 Å². The second kappa shape index (κ2) is 10.1. The fourth-order valence-electron chi connectivity index (χ4n) is 3.12. The molecule has 13 heteroatoms. The third-order valence-electron chi connectivity index (χ3n) is 4.63. The highest BCUT2D eigenvalue weighted by atomic mass is 35.5. The van der Waals surface area contributed by atoms with E-state index < -0.39 is 10.2 Å². The summed E-state index contributed by atoms with van der Waals surface area (Å²) in [6, 6.07) is 12.3. The number of halogens is 1. The highest BCUT2D eigenvalue weighted by Crippen LogP contribution is 2.28. The normalized spacial score (nSPS) is 11.6. The Kier molecular flexibility index (Phi) is 6.96. The number of nitrogens with zero attached hydrogens (tertiary/aromatic N) is 4. The van der Waals surface area contributed by atoms with Gasteiger partial charge in [0, 0.05) is 29.4 Å². The molecule has 0 fully saturated rings. The van der Waals surface area contributed by atoms with Crippen molar-refractivity contribution in [3.8, 4) is 5.88 Å². The first-order valence-corrected chi connectivity index (χ1v) is 11.9. The zero-order valence-corrected chi connectivity index (χ0v) is 19.2. The third-order valence-corrected chi connectivity index (χ3v) is 6.04. The molecule has 0 unspecified atom stereocenters. The molecule has 0 aliphatic carbocycles. The number of hydrogen-bond acceptors (Lipinski definition) is 9. The number of nitrogens with one attached hydrogen (secondary N) is 3. The van der Waals surface area contributed by atoms with Crippen LogP contribution in [-0.4, -0.2) is 47.4 Å². The van der Waals surface area contributed by atoms with Crippen LogP contribution >= 0.6 is 11.6 Å². The summed E-state index contributed by atoms with van der Waals surface area (Å²) >= 11 is 6.16. The van der Waals surface area contributed by atoms with Crippen LogP contribution in [0.15, 0.2) is 53.4 Å². The van der Waals surface area contributed by atoms with Crippen molar-refractivity contribution in [2.45, 2.75) is 13.5 Å². The van der Waals surface area contributed by atoms with Crippen molar-refractivity contribution in [2.75, 3.05) is 29.7 Å². The molecule has 2 aromatic carbocycles. The van der Waals surface area contributed by atoms with E-state index in [1.165, 1.54) is 0 Å². The maximum absolute atomic E-state index is 12.8. The number of anilines is 2. The van der Waals surface area contributed by atoms with E-state index in [1.54, 1.807) is 30.3 Å². The number of para-hydroxylation sites is 1. The van der Waals surface area contributed by atoms with E-state index >= 15 is 0 Å². The molecule has 0 aliphatic rings. The summed E-state index contributed by atoms with van der Waals surface area (Å²) < 4.78 is 39.3. The number of rotatable bonds is 11. The number of benzene rings is 2. The molecular formula is C20H22ClN7O4S. The van der Waals surface area contributed by atoms with Gasteiger partial charge in [0.05, 0.1) is 10.9 Å². The van der Waals surface area contributed by atoms with Crippen molar-refractivity contribution < 1.29 is 17.7 Å². The summed E-state index contributed by atoms with van der Waals surface area (Å²) in [5, 5.41) is 15.4. The van der Waals surface area contributed by atoms with E-state index in [1.807, 2.05) is 19.1 Å². The Labute approximate surface area is 195 Å². The molecule has 0 saturated heterocycles. The van der Waals surface area contributed by atoms with Crippen LogP contribution in [0.1, 0.15) is 12.5 Å². The zero-order valence-electron chi connectivity index (χ0n) is 17.7. The number of aromatic nitrogens is 4. The first-order valence-electron chi connectivity index (χ1n) is 10.1. The molecule has 0 spiro atoms. The number of ether oxygens (including phenoxy) is 1. The number of hydrogen-bond donors (Lipinski definition) is 3. The smallest absolute Gasteiger partial charge is 0.345 e. The number of likely N-dealkylation sites (N-methyl/N-ethyl adjacent to an activating group) is 1. The van der Waals surface area contributed by atoms with Gasteiger partial charge >= 0.3 is 10.2 Å². The third kappa shape index (κ3) is 5.35. The molecule has 174 valence electrons. The fourth-order valence-corrected chi connectivity index (χ4v) is 4.30. The summed E-state index contributed by atoms with van der Waals surface area (Å²) in [6.45, 7) is 4.58. The average molecular weight is 492 g/mol. The maximum Gasteiger partial charge on any atom is 0.345 e. The van der Waals surface area contributed by atoms with Crippen LogP contribution in [-0.2, 0) is 16.8 Å². The summed E-state index contributed by atoms with van der Waals surface area (Å²) in [5.41, 5.74) is 2.02. The number of fused-ring (bicyclic) bond motifs is 1. The van der Waals surface area contributed by atoms with Crippen molar-refractivity contribution >= 4 is 44.3 Å². The van der Waals surface area contributed by atoms with Crippen LogP contribution < -0.4 is 20.1 Å². The minimum atomic E-state index is -4.15. The van der Waals surface area contributed by atoms with Gasteiger partial charge in [-0.2, -0.15) is 13.4 Å². The van der Waals surface area contributed by atoms with E-state index in [0.717, 1.165) is 34.8 Å². The summed E-state index contributed by atoms with van der Waals surface area (Å²) in [5.74, 6) is -0.0378. The summed E-state index contributed by atoms with van der Waals surface area (Å²) in [4.78, 5) is 3.68. The Balaban J connectivity index is 1.58. The Hall–Kier alpha value is -3.35. The molecule has 0 aliphatic heterocycles. The first kappa shape index (κ1) is 22.8. The predicted molar refractivity (Wildman–Crippen MR) is 125 cm³/mol. The van der Waals surface area contributed by atoms with E-state index in [-0.39, 0.29) is 18.4 Å². The molecular weight excluding hydrogens is 470 g/mol. The van der Waals surface area contributed by atoms with Gasteiger partial charge in [-0.05, 0) is 36.0 Å². The van der Waals surface area contributed by atoms with Crippen molar-refractivity contribution in [2.24, 2.45) is 0 Å². The van der Waals surface area contributed by atoms with Gasteiger partial charge in [-0.25, -0.2) is 4.72 Å². The monoisotopic (exact) mass is 491 g/mol. The maximum atomic E-state index is 12.8. The Morgan fingerprint density at radius 2 is 2.03 bits per heavy atom. The lowest BCUT2D eigenvalue weighted by Crippen LogP contribution is -2.23. The molecule has 0 radical (unpaired) electrons. The van der Waals surface area contributed by atoms with Crippen LogP contribution in [0, 0.1) is 0 Å². The Morgan fingerprint density at radius 3 is 2.82 bits per heavy atom. The molecule has 0 amide bonds. The molecule has 11 nitrogen and oxygen atoms in total. The van der Waals surface area contributed by atoms with Gasteiger partial charge in [-0.15, -0.1) is 9.19 Å². The molecule has 33 heavy (non-hydrogen) atoms. The molecule has 0 bridgehead atoms. The molecule has 0 saturated carbocycles. The van der Waals surface area contributed by atoms with Crippen molar-refractivity contribution in [3.05, 3.63) is 59.4 Å². The molecule has 3 N–H and O–H groups in total. The lowest BCUT2D eigenvalue weighted by Gasteiger charge is -2.13. The standard InChI is InChI=1S/C20H22ClN7O4S/c1-2-22-9-10-23-17-11-15(21)8-7-14(17)12-31-19-16-5-3-4-6-18(16)28(25-19)33(29,30)27-20-24-13-32-26-20/h3-8,11,13,22-23H,2,9-10,12H2,1H3,(H,26,27). The summed E-state index contributed by atoms with van der Waals surface area (Å²) in [7, 11) is -4.15. The van der Waals surface area contributed by atoms with Gasteiger partial charge in [0.1, 0.15) is 6.61 Å². The largest absolute Gasteiger partial charge is 0.471 e. The van der Waals surface area contributed by atoms with E-state index in [0.29, 0.717) is 22.5 Å². The zero-order chi connectivity index (χ0) is 23.3. The van der Waals surface area contributed by atoms with Crippen LogP contribution in [0.5, 0.6) is 5.88 Å². The van der Waals surface area contributed by atoms with Crippen LogP contribution in [0.25, 0.3) is 10.9 Å². The first-order chi connectivity index (χ1) is 16.0. The molecule has 2 heterocycles. The van der Waals surface area contributed by atoms with Gasteiger partial charge in [0.2, 0.25) is 12.3 Å². The van der Waals surface area contributed by atoms with Gasteiger partial charge < -0.3 is 19.9 Å². The van der Waals surface area contributed by atoms with Gasteiger partial charge in [-0.1, -0.05) is 36.7 Å². The van der Waals surface area contributed by atoms with Crippen LogP contribution in [0.3, 0.4) is 0 Å². The minimum absolute atomic E-state index is 0.153. The molecule has 4 rings (SSSR count). The fraction of sp³-hybridized carbons (Fsp3) is 0.250. The van der Waals surface area contributed by atoms with E-state index in [9.17, 15) is 8.42 Å². The highest BCUT2D eigenvalue weighted by Gasteiger charge is 2.23. The predicted octanol–water partition coefficient (Wildman–Crippen LogP) is 2.88. The van der Waals surface area contributed by atoms with E-state index in [2.05, 4.69) is 35.1 Å². The quantitative estimate of drug-likeness (QED) is 0.270. The molecule has 4 aromatic rings. The van der Waals surface area contributed by atoms with Crippen LogP contribution in [0.4, 0.5) is 11.6 Å². The topological polar surface area (TPSA) is 136 Å². The van der Waals surface area contributed by atoms with Gasteiger partial charge in [0.25, 0.3) is 5.95 Å². The van der Waals surface area contributed by atoms with Crippen molar-refractivity contribution in [3.63, 3.8) is 0 Å². The Bertz CT molecular complexity index is 1330. The van der Waals surface area contributed by atoms with Crippen molar-refractivity contribution in [1.82, 2.24) is 24.6 Å². The second-order valence-corrected chi connectivity index (χ2v) is 8.83.